The second-order valence-corrected chi connectivity index (χ2v) is 8.09. The fourth-order valence-electron chi connectivity index (χ4n) is 3.57. The molecule has 1 atom stereocenters. The number of rotatable bonds is 2. The van der Waals surface area contributed by atoms with Crippen LogP contribution in [-0.4, -0.2) is 32.7 Å². The molecule has 26 heavy (non-hydrogen) atoms. The molecule has 1 saturated heterocycles. The van der Waals surface area contributed by atoms with Crippen LogP contribution in [0.4, 0.5) is 4.79 Å². The Balaban J connectivity index is 1.83. The maximum absolute atomic E-state index is 12.6. The van der Waals surface area contributed by atoms with Crippen molar-refractivity contribution >= 4 is 6.09 Å². The van der Waals surface area contributed by atoms with Gasteiger partial charge in [-0.05, 0) is 77.6 Å². The van der Waals surface area contributed by atoms with Crippen LogP contribution in [0.25, 0.3) is 5.82 Å². The van der Waals surface area contributed by atoms with Gasteiger partial charge in [0.15, 0.2) is 0 Å². The first-order valence-electron chi connectivity index (χ1n) is 9.37. The van der Waals surface area contributed by atoms with Crippen molar-refractivity contribution in [1.29, 1.82) is 0 Å². The fourth-order valence-corrected chi connectivity index (χ4v) is 3.57. The predicted octanol–water partition coefficient (Wildman–Crippen LogP) is 4.95. The number of hydrogen-bond donors (Lipinski definition) is 0. The highest BCUT2D eigenvalue weighted by atomic mass is 16.6. The summed E-state index contributed by atoms with van der Waals surface area (Å²) in [5.74, 6) is 0.911. The number of nitrogens with zero attached hydrogens (tertiary/aromatic N) is 3. The summed E-state index contributed by atoms with van der Waals surface area (Å²) in [4.78, 5) is 19.1. The molecule has 5 heteroatoms. The smallest absolute Gasteiger partial charge is 0.410 e. The van der Waals surface area contributed by atoms with Crippen molar-refractivity contribution in [3.63, 3.8) is 0 Å². The van der Waals surface area contributed by atoms with Crippen LogP contribution in [0.2, 0.25) is 0 Å². The minimum absolute atomic E-state index is 0.0343. The van der Waals surface area contributed by atoms with Gasteiger partial charge in [0.25, 0.3) is 0 Å². The van der Waals surface area contributed by atoms with E-state index >= 15 is 0 Å². The monoisotopic (exact) mass is 355 g/mol. The Morgan fingerprint density at radius 1 is 1.12 bits per heavy atom. The first-order valence-corrected chi connectivity index (χ1v) is 9.37. The van der Waals surface area contributed by atoms with E-state index in [1.807, 2.05) is 37.9 Å². The first kappa shape index (κ1) is 18.5. The summed E-state index contributed by atoms with van der Waals surface area (Å²) in [5.41, 5.74) is 2.92. The van der Waals surface area contributed by atoms with Crippen LogP contribution in [0.3, 0.4) is 0 Å². The quantitative estimate of drug-likeness (QED) is 0.765. The number of ether oxygens (including phenoxy) is 1. The van der Waals surface area contributed by atoms with E-state index in [0.29, 0.717) is 0 Å². The summed E-state index contributed by atoms with van der Waals surface area (Å²) >= 11 is 0. The third-order valence-electron chi connectivity index (χ3n) is 4.79. The van der Waals surface area contributed by atoms with Crippen LogP contribution in [0, 0.1) is 13.8 Å². The second kappa shape index (κ2) is 7.14. The molecule has 0 aliphatic carbocycles. The molecular weight excluding hydrogens is 326 g/mol. The van der Waals surface area contributed by atoms with Gasteiger partial charge in [0, 0.05) is 24.1 Å². The minimum atomic E-state index is -0.481. The summed E-state index contributed by atoms with van der Waals surface area (Å²) in [6.07, 6.45) is 4.75. The van der Waals surface area contributed by atoms with E-state index in [2.05, 4.69) is 41.6 Å². The van der Waals surface area contributed by atoms with Crippen LogP contribution in [0.5, 0.6) is 0 Å². The maximum atomic E-state index is 12.6. The van der Waals surface area contributed by atoms with E-state index in [9.17, 15) is 4.79 Å². The van der Waals surface area contributed by atoms with Gasteiger partial charge in [-0.1, -0.05) is 6.07 Å². The van der Waals surface area contributed by atoms with Crippen LogP contribution in [0.15, 0.2) is 30.5 Å². The number of aryl methyl sites for hydroxylation is 2. The van der Waals surface area contributed by atoms with Gasteiger partial charge in [0.2, 0.25) is 0 Å². The Labute approximate surface area is 156 Å². The van der Waals surface area contributed by atoms with Crippen molar-refractivity contribution < 1.29 is 9.53 Å². The zero-order valence-corrected chi connectivity index (χ0v) is 16.5. The standard InChI is InChI=1S/C21H29N3O2/c1-15-9-10-16(2)24(15)19-12-11-17(14-22-19)18-8-6-7-13-23(18)20(25)26-21(3,4)5/h9-12,14,18H,6-8,13H2,1-5H3/t18-/m1/s1. The van der Waals surface area contributed by atoms with E-state index in [0.717, 1.165) is 48.6 Å². The Bertz CT molecular complexity index is 752. The molecule has 0 saturated carbocycles. The molecule has 1 fully saturated rings. The first-order chi connectivity index (χ1) is 12.3. The molecule has 0 bridgehead atoms. The minimum Gasteiger partial charge on any atom is -0.444 e. The third-order valence-corrected chi connectivity index (χ3v) is 4.79. The average Bonchev–Trinajstić information content (AvgIpc) is 2.92. The summed E-state index contributed by atoms with van der Waals surface area (Å²) < 4.78 is 7.74. The maximum Gasteiger partial charge on any atom is 0.410 e. The highest BCUT2D eigenvalue weighted by Crippen LogP contribution is 2.32. The lowest BCUT2D eigenvalue weighted by atomic mass is 9.97. The van der Waals surface area contributed by atoms with Gasteiger partial charge in [-0.2, -0.15) is 0 Å². The van der Waals surface area contributed by atoms with Gasteiger partial charge in [-0.3, -0.25) is 0 Å². The Hall–Kier alpha value is -2.30. The number of pyridine rings is 1. The van der Waals surface area contributed by atoms with Crippen molar-refractivity contribution in [1.82, 2.24) is 14.5 Å². The summed E-state index contributed by atoms with van der Waals surface area (Å²) in [6, 6.07) is 8.35. The fraction of sp³-hybridized carbons (Fsp3) is 0.524. The Morgan fingerprint density at radius 3 is 2.38 bits per heavy atom. The summed E-state index contributed by atoms with van der Waals surface area (Å²) in [6.45, 7) is 10.6. The molecule has 3 heterocycles. The summed E-state index contributed by atoms with van der Waals surface area (Å²) in [7, 11) is 0. The largest absolute Gasteiger partial charge is 0.444 e. The highest BCUT2D eigenvalue weighted by molar-refractivity contribution is 5.69. The molecule has 1 amide bonds. The van der Waals surface area contributed by atoms with Gasteiger partial charge < -0.3 is 14.2 Å². The predicted molar refractivity (Wildman–Crippen MR) is 103 cm³/mol. The van der Waals surface area contributed by atoms with E-state index in [1.54, 1.807) is 0 Å². The molecule has 1 aliphatic heterocycles. The number of aromatic nitrogens is 2. The number of piperidine rings is 1. The van der Waals surface area contributed by atoms with E-state index < -0.39 is 5.60 Å². The molecule has 1 aliphatic rings. The molecule has 0 spiro atoms. The molecule has 3 rings (SSSR count). The molecule has 0 unspecified atom stereocenters. The van der Waals surface area contributed by atoms with Crippen LogP contribution >= 0.6 is 0 Å². The molecule has 5 nitrogen and oxygen atoms in total. The number of likely N-dealkylation sites (tertiary alicyclic amines) is 1. The molecule has 2 aromatic heterocycles. The van der Waals surface area contributed by atoms with Gasteiger partial charge in [0.05, 0.1) is 6.04 Å². The van der Waals surface area contributed by atoms with E-state index in [-0.39, 0.29) is 12.1 Å². The van der Waals surface area contributed by atoms with E-state index in [4.69, 9.17) is 4.74 Å². The average molecular weight is 355 g/mol. The molecule has 0 N–H and O–H groups in total. The second-order valence-electron chi connectivity index (χ2n) is 8.09. The molecular formula is C21H29N3O2. The van der Waals surface area contributed by atoms with Crippen LogP contribution < -0.4 is 0 Å². The van der Waals surface area contributed by atoms with Crippen LogP contribution in [0.1, 0.15) is 63.0 Å². The van der Waals surface area contributed by atoms with E-state index in [1.165, 1.54) is 0 Å². The lowest BCUT2D eigenvalue weighted by Gasteiger charge is -2.36. The molecule has 0 radical (unpaired) electrons. The number of carbonyl (C=O) groups excluding carboxylic acids is 1. The number of carbonyl (C=O) groups is 1. The van der Waals surface area contributed by atoms with Crippen LogP contribution in [-0.2, 0) is 4.74 Å². The molecule has 0 aromatic carbocycles. The Kier molecular flexibility index (Phi) is 5.08. The van der Waals surface area contributed by atoms with Crippen molar-refractivity contribution in [3.8, 4) is 5.82 Å². The summed E-state index contributed by atoms with van der Waals surface area (Å²) in [5, 5.41) is 0. The molecule has 140 valence electrons. The zero-order chi connectivity index (χ0) is 18.9. The lowest BCUT2D eigenvalue weighted by molar-refractivity contribution is 0.00948. The third kappa shape index (κ3) is 3.92. The van der Waals surface area contributed by atoms with Gasteiger partial charge in [-0.15, -0.1) is 0 Å². The normalized spacial score (nSPS) is 18.0. The molecule has 2 aromatic rings. The number of amides is 1. The van der Waals surface area contributed by atoms with Crippen molar-refractivity contribution in [2.45, 2.75) is 65.5 Å². The number of hydrogen-bond acceptors (Lipinski definition) is 3. The van der Waals surface area contributed by atoms with Crippen molar-refractivity contribution in [3.05, 3.63) is 47.4 Å². The zero-order valence-electron chi connectivity index (χ0n) is 16.5. The van der Waals surface area contributed by atoms with Gasteiger partial charge in [-0.25, -0.2) is 9.78 Å². The van der Waals surface area contributed by atoms with Gasteiger partial charge >= 0.3 is 6.09 Å². The topological polar surface area (TPSA) is 47.4 Å². The SMILES string of the molecule is Cc1ccc(C)n1-c1ccc([C@H]2CCCCN2C(=O)OC(C)(C)C)cn1. The van der Waals surface area contributed by atoms with Crippen molar-refractivity contribution in [2.75, 3.05) is 6.54 Å². The van der Waals surface area contributed by atoms with Crippen molar-refractivity contribution in [2.24, 2.45) is 0 Å². The van der Waals surface area contributed by atoms with Gasteiger partial charge in [0.1, 0.15) is 11.4 Å². The highest BCUT2D eigenvalue weighted by Gasteiger charge is 2.31. The Morgan fingerprint density at radius 2 is 1.81 bits per heavy atom. The lowest BCUT2D eigenvalue weighted by Crippen LogP contribution is -2.41.